The molecule has 1 amide bonds. The Hall–Kier alpha value is -1.05. The Morgan fingerprint density at radius 2 is 2.20 bits per heavy atom. The van der Waals surface area contributed by atoms with Crippen molar-refractivity contribution in [3.8, 4) is 0 Å². The average Bonchev–Trinajstić information content (AvgIpc) is 2.57. The monoisotopic (exact) mass is 314 g/mol. The van der Waals surface area contributed by atoms with Crippen LogP contribution in [0.4, 0.5) is 5.69 Å². The molecule has 2 N–H and O–H groups in total. The largest absolute Gasteiger partial charge is 0.325 e. The van der Waals surface area contributed by atoms with Gasteiger partial charge in [-0.3, -0.25) is 4.79 Å². The fourth-order valence-electron chi connectivity index (χ4n) is 1.78. The van der Waals surface area contributed by atoms with Crippen LogP contribution in [0, 0.1) is 0 Å². The molecule has 2 rings (SSSR count). The number of carbonyl (C=O) groups is 1. The fraction of sp³-hybridized carbons (Fsp3) is 0.462. The van der Waals surface area contributed by atoms with E-state index in [1.165, 1.54) is 6.07 Å². The number of hydrogen-bond acceptors (Lipinski definition) is 4. The number of rotatable bonds is 4. The summed E-state index contributed by atoms with van der Waals surface area (Å²) in [5.74, 6) is 0.622. The summed E-state index contributed by atoms with van der Waals surface area (Å²) in [5.41, 5.74) is 0.574. The molecule has 0 fully saturated rings. The van der Waals surface area contributed by atoms with E-state index in [9.17, 15) is 13.2 Å². The molecule has 1 aliphatic rings. The van der Waals surface area contributed by atoms with E-state index >= 15 is 0 Å². The summed E-state index contributed by atoms with van der Waals surface area (Å²) in [7, 11) is -3.55. The highest BCUT2D eigenvalue weighted by molar-refractivity contribution is 7.99. The van der Waals surface area contributed by atoms with E-state index in [2.05, 4.69) is 10.0 Å². The standard InChI is InChI=1S/C13H18N2O3S2/c1-3-9(2)15-20(17,18)10-4-5-12-11(8-10)14-13(16)6-7-19-12/h4-5,8-9,15H,3,6-7H2,1-2H3,(H,14,16). The molecule has 0 aromatic heterocycles. The van der Waals surface area contributed by atoms with Gasteiger partial charge in [-0.1, -0.05) is 6.92 Å². The third-order valence-electron chi connectivity index (χ3n) is 3.09. The van der Waals surface area contributed by atoms with Crippen LogP contribution in [-0.4, -0.2) is 26.1 Å². The maximum Gasteiger partial charge on any atom is 0.240 e. The van der Waals surface area contributed by atoms with E-state index in [0.29, 0.717) is 17.9 Å². The minimum absolute atomic E-state index is 0.0827. The summed E-state index contributed by atoms with van der Waals surface area (Å²) in [6.07, 6.45) is 1.16. The Morgan fingerprint density at radius 1 is 1.45 bits per heavy atom. The van der Waals surface area contributed by atoms with Crippen molar-refractivity contribution in [2.75, 3.05) is 11.1 Å². The molecule has 1 heterocycles. The fourth-order valence-corrected chi connectivity index (χ4v) is 4.07. The van der Waals surface area contributed by atoms with Crippen molar-refractivity contribution in [2.45, 2.75) is 42.5 Å². The lowest BCUT2D eigenvalue weighted by Crippen LogP contribution is -2.32. The molecule has 1 aromatic rings. The van der Waals surface area contributed by atoms with E-state index in [-0.39, 0.29) is 16.8 Å². The molecule has 0 spiro atoms. The summed E-state index contributed by atoms with van der Waals surface area (Å²) in [6, 6.07) is 4.73. The van der Waals surface area contributed by atoms with Gasteiger partial charge in [-0.15, -0.1) is 11.8 Å². The van der Waals surface area contributed by atoms with Gasteiger partial charge in [0.25, 0.3) is 0 Å². The topological polar surface area (TPSA) is 75.3 Å². The van der Waals surface area contributed by atoms with Crippen molar-refractivity contribution >= 4 is 33.4 Å². The second-order valence-electron chi connectivity index (χ2n) is 4.74. The molecule has 0 saturated carbocycles. The van der Waals surface area contributed by atoms with Gasteiger partial charge in [0, 0.05) is 23.1 Å². The van der Waals surface area contributed by atoms with Crippen LogP contribution in [0.1, 0.15) is 26.7 Å². The van der Waals surface area contributed by atoms with Gasteiger partial charge >= 0.3 is 0 Å². The third-order valence-corrected chi connectivity index (χ3v) is 5.75. The molecule has 0 bridgehead atoms. The van der Waals surface area contributed by atoms with Gasteiger partial charge in [0.1, 0.15) is 0 Å². The Balaban J connectivity index is 2.33. The number of sulfonamides is 1. The van der Waals surface area contributed by atoms with Crippen LogP contribution >= 0.6 is 11.8 Å². The minimum atomic E-state index is -3.55. The van der Waals surface area contributed by atoms with E-state index in [0.717, 1.165) is 11.3 Å². The van der Waals surface area contributed by atoms with Gasteiger partial charge in [-0.05, 0) is 31.5 Å². The molecular weight excluding hydrogens is 296 g/mol. The van der Waals surface area contributed by atoms with Crippen LogP contribution in [0.5, 0.6) is 0 Å². The number of hydrogen-bond donors (Lipinski definition) is 2. The molecule has 110 valence electrons. The summed E-state index contributed by atoms with van der Waals surface area (Å²) < 4.78 is 27.1. The Kier molecular flexibility index (Phi) is 4.72. The van der Waals surface area contributed by atoms with Gasteiger partial charge in [-0.25, -0.2) is 13.1 Å². The average molecular weight is 314 g/mol. The van der Waals surface area contributed by atoms with E-state index in [1.54, 1.807) is 23.9 Å². The Labute approximate surface area is 123 Å². The molecule has 1 atom stereocenters. The highest BCUT2D eigenvalue weighted by Crippen LogP contribution is 2.32. The zero-order chi connectivity index (χ0) is 14.8. The number of carbonyl (C=O) groups excluding carboxylic acids is 1. The van der Waals surface area contributed by atoms with Gasteiger partial charge in [0.2, 0.25) is 15.9 Å². The van der Waals surface area contributed by atoms with E-state index < -0.39 is 10.0 Å². The highest BCUT2D eigenvalue weighted by Gasteiger charge is 2.20. The summed E-state index contributed by atoms with van der Waals surface area (Å²) >= 11 is 1.55. The van der Waals surface area contributed by atoms with Crippen molar-refractivity contribution in [3.05, 3.63) is 18.2 Å². The molecule has 0 radical (unpaired) electrons. The normalized spacial score (nSPS) is 17.0. The smallest absolute Gasteiger partial charge is 0.240 e. The first kappa shape index (κ1) is 15.3. The van der Waals surface area contributed by atoms with Crippen LogP contribution in [0.3, 0.4) is 0 Å². The van der Waals surface area contributed by atoms with Crippen LogP contribution in [-0.2, 0) is 14.8 Å². The van der Waals surface area contributed by atoms with Crippen molar-refractivity contribution < 1.29 is 13.2 Å². The lowest BCUT2D eigenvalue weighted by atomic mass is 10.3. The molecule has 7 heteroatoms. The summed E-state index contributed by atoms with van der Waals surface area (Å²) in [4.78, 5) is 12.6. The first-order chi connectivity index (χ1) is 9.42. The lowest BCUT2D eigenvalue weighted by molar-refractivity contribution is -0.115. The number of nitrogens with one attached hydrogen (secondary N) is 2. The zero-order valence-corrected chi connectivity index (χ0v) is 13.1. The molecule has 1 aromatic carbocycles. The SMILES string of the molecule is CCC(C)NS(=O)(=O)c1ccc2c(c1)NC(=O)CCS2. The first-order valence-corrected chi connectivity index (χ1v) is 8.98. The van der Waals surface area contributed by atoms with Gasteiger partial charge < -0.3 is 5.32 Å². The number of benzene rings is 1. The molecule has 0 aliphatic carbocycles. The predicted molar refractivity (Wildman–Crippen MR) is 80.5 cm³/mol. The number of fused-ring (bicyclic) bond motifs is 1. The van der Waals surface area contributed by atoms with Crippen molar-refractivity contribution in [2.24, 2.45) is 0 Å². The lowest BCUT2D eigenvalue weighted by Gasteiger charge is -2.14. The second kappa shape index (κ2) is 6.15. The van der Waals surface area contributed by atoms with E-state index in [1.807, 2.05) is 13.8 Å². The quantitative estimate of drug-likeness (QED) is 0.893. The first-order valence-electron chi connectivity index (χ1n) is 6.51. The molecule has 5 nitrogen and oxygen atoms in total. The molecule has 1 aliphatic heterocycles. The highest BCUT2D eigenvalue weighted by atomic mass is 32.2. The minimum Gasteiger partial charge on any atom is -0.325 e. The molecular formula is C13H18N2O3S2. The second-order valence-corrected chi connectivity index (χ2v) is 7.59. The van der Waals surface area contributed by atoms with Crippen molar-refractivity contribution in [1.82, 2.24) is 4.72 Å². The van der Waals surface area contributed by atoms with Crippen LogP contribution < -0.4 is 10.0 Å². The van der Waals surface area contributed by atoms with Gasteiger partial charge in [-0.2, -0.15) is 0 Å². The Bertz CT molecular complexity index is 614. The van der Waals surface area contributed by atoms with Crippen LogP contribution in [0.2, 0.25) is 0 Å². The Morgan fingerprint density at radius 3 is 2.90 bits per heavy atom. The summed E-state index contributed by atoms with van der Waals surface area (Å²) in [6.45, 7) is 3.74. The van der Waals surface area contributed by atoms with Crippen LogP contribution in [0.25, 0.3) is 0 Å². The maximum absolute atomic E-state index is 12.2. The van der Waals surface area contributed by atoms with Crippen LogP contribution in [0.15, 0.2) is 28.0 Å². The molecule has 1 unspecified atom stereocenters. The number of amides is 1. The van der Waals surface area contributed by atoms with Crippen molar-refractivity contribution in [3.63, 3.8) is 0 Å². The third kappa shape index (κ3) is 3.53. The van der Waals surface area contributed by atoms with Gasteiger partial charge in [0.05, 0.1) is 10.6 Å². The molecule has 20 heavy (non-hydrogen) atoms. The zero-order valence-electron chi connectivity index (χ0n) is 11.5. The summed E-state index contributed by atoms with van der Waals surface area (Å²) in [5, 5.41) is 2.75. The van der Waals surface area contributed by atoms with Gasteiger partial charge in [0.15, 0.2) is 0 Å². The number of anilines is 1. The number of thioether (sulfide) groups is 1. The maximum atomic E-state index is 12.2. The predicted octanol–water partition coefficient (Wildman–Crippen LogP) is 2.20. The van der Waals surface area contributed by atoms with E-state index in [4.69, 9.17) is 0 Å². The van der Waals surface area contributed by atoms with Crippen molar-refractivity contribution in [1.29, 1.82) is 0 Å². The molecule has 0 saturated heterocycles.